The summed E-state index contributed by atoms with van der Waals surface area (Å²) in [4.78, 5) is 16.6. The molecule has 0 bridgehead atoms. The van der Waals surface area contributed by atoms with Gasteiger partial charge in [0.05, 0.1) is 6.10 Å². The molecule has 4 rings (SSSR count). The highest BCUT2D eigenvalue weighted by Gasteiger charge is 2.16. The number of carbonyl (C=O) groups excluding carboxylic acids is 1. The standard InChI is InChI=1S/C22H17FN2O2S/c23-18-8-4-3-7-17(18)22-25-19(13-28-22)21(27)24-12-20(26)16-10-9-14-5-1-2-6-15(14)11-16/h1-11,13,20,26H,12H2,(H,24,27). The maximum absolute atomic E-state index is 13.9. The zero-order valence-electron chi connectivity index (χ0n) is 14.8. The lowest BCUT2D eigenvalue weighted by molar-refractivity contribution is 0.0912. The van der Waals surface area contributed by atoms with Crippen molar-refractivity contribution < 1.29 is 14.3 Å². The Kier molecular flexibility index (Phi) is 5.14. The maximum Gasteiger partial charge on any atom is 0.270 e. The van der Waals surface area contributed by atoms with Gasteiger partial charge in [-0.1, -0.05) is 48.5 Å². The van der Waals surface area contributed by atoms with Crippen LogP contribution in [0, 0.1) is 5.82 Å². The van der Waals surface area contributed by atoms with Crippen LogP contribution in [0.1, 0.15) is 22.2 Å². The molecular formula is C22H17FN2O2S. The van der Waals surface area contributed by atoms with E-state index in [0.717, 1.165) is 16.3 Å². The minimum absolute atomic E-state index is 0.0593. The van der Waals surface area contributed by atoms with E-state index in [1.807, 2.05) is 42.5 Å². The molecule has 4 aromatic rings. The van der Waals surface area contributed by atoms with E-state index in [1.54, 1.807) is 23.6 Å². The van der Waals surface area contributed by atoms with Crippen molar-refractivity contribution in [3.05, 3.63) is 89.2 Å². The highest BCUT2D eigenvalue weighted by Crippen LogP contribution is 2.26. The predicted octanol–water partition coefficient (Wildman–Crippen LogP) is 4.57. The van der Waals surface area contributed by atoms with Crippen LogP contribution < -0.4 is 5.32 Å². The van der Waals surface area contributed by atoms with Gasteiger partial charge in [-0.2, -0.15) is 0 Å². The van der Waals surface area contributed by atoms with Crippen LogP contribution in [-0.2, 0) is 0 Å². The van der Waals surface area contributed by atoms with Gasteiger partial charge in [-0.3, -0.25) is 4.79 Å². The van der Waals surface area contributed by atoms with E-state index in [0.29, 0.717) is 10.6 Å². The van der Waals surface area contributed by atoms with Gasteiger partial charge in [0.25, 0.3) is 5.91 Å². The smallest absolute Gasteiger partial charge is 0.270 e. The van der Waals surface area contributed by atoms with Crippen molar-refractivity contribution in [2.75, 3.05) is 6.54 Å². The molecule has 140 valence electrons. The first-order valence-electron chi connectivity index (χ1n) is 8.77. The first kappa shape index (κ1) is 18.3. The summed E-state index contributed by atoms with van der Waals surface area (Å²) < 4.78 is 13.9. The lowest BCUT2D eigenvalue weighted by atomic mass is 10.0. The molecule has 0 aliphatic carbocycles. The number of aromatic nitrogens is 1. The predicted molar refractivity (Wildman–Crippen MR) is 109 cm³/mol. The van der Waals surface area contributed by atoms with E-state index in [2.05, 4.69) is 10.3 Å². The number of aliphatic hydroxyl groups excluding tert-OH is 1. The number of carbonyl (C=O) groups is 1. The minimum atomic E-state index is -0.835. The largest absolute Gasteiger partial charge is 0.387 e. The van der Waals surface area contributed by atoms with E-state index < -0.39 is 12.0 Å². The zero-order valence-corrected chi connectivity index (χ0v) is 15.6. The molecule has 3 aromatic carbocycles. The van der Waals surface area contributed by atoms with Gasteiger partial charge in [-0.15, -0.1) is 11.3 Å². The van der Waals surface area contributed by atoms with Crippen molar-refractivity contribution in [2.24, 2.45) is 0 Å². The summed E-state index contributed by atoms with van der Waals surface area (Å²) in [6.07, 6.45) is -0.835. The van der Waals surface area contributed by atoms with Crippen molar-refractivity contribution in [3.8, 4) is 10.6 Å². The monoisotopic (exact) mass is 392 g/mol. The lowest BCUT2D eigenvalue weighted by Gasteiger charge is -2.12. The summed E-state index contributed by atoms with van der Waals surface area (Å²) in [6.45, 7) is 0.0593. The fraction of sp³-hybridized carbons (Fsp3) is 0.0909. The number of amides is 1. The van der Waals surface area contributed by atoms with Gasteiger partial charge < -0.3 is 10.4 Å². The van der Waals surface area contributed by atoms with E-state index in [-0.39, 0.29) is 18.1 Å². The molecular weight excluding hydrogens is 375 g/mol. The van der Waals surface area contributed by atoms with Crippen molar-refractivity contribution in [1.29, 1.82) is 0 Å². The van der Waals surface area contributed by atoms with E-state index in [1.165, 1.54) is 17.4 Å². The van der Waals surface area contributed by atoms with Crippen LogP contribution in [0.5, 0.6) is 0 Å². The molecule has 0 saturated heterocycles. The molecule has 1 aromatic heterocycles. The Hall–Kier alpha value is -3.09. The van der Waals surface area contributed by atoms with Crippen molar-refractivity contribution in [1.82, 2.24) is 10.3 Å². The number of fused-ring (bicyclic) bond motifs is 1. The van der Waals surface area contributed by atoms with Gasteiger partial charge in [0, 0.05) is 17.5 Å². The highest BCUT2D eigenvalue weighted by atomic mass is 32.1. The summed E-state index contributed by atoms with van der Waals surface area (Å²) in [5.41, 5.74) is 1.29. The molecule has 0 aliphatic rings. The number of hydrogen-bond acceptors (Lipinski definition) is 4. The molecule has 0 saturated carbocycles. The lowest BCUT2D eigenvalue weighted by Crippen LogP contribution is -2.28. The second-order valence-corrected chi connectivity index (χ2v) is 7.21. The number of thiazole rings is 1. The molecule has 1 unspecified atom stereocenters. The number of nitrogens with zero attached hydrogens (tertiary/aromatic N) is 1. The van der Waals surface area contributed by atoms with Crippen LogP contribution in [0.15, 0.2) is 72.1 Å². The third-order valence-electron chi connectivity index (χ3n) is 4.46. The molecule has 6 heteroatoms. The molecule has 4 nitrogen and oxygen atoms in total. The summed E-state index contributed by atoms with van der Waals surface area (Å²) >= 11 is 1.20. The fourth-order valence-corrected chi connectivity index (χ4v) is 3.78. The summed E-state index contributed by atoms with van der Waals surface area (Å²) in [7, 11) is 0. The van der Waals surface area contributed by atoms with E-state index in [4.69, 9.17) is 0 Å². The average Bonchev–Trinajstić information content (AvgIpc) is 3.22. The first-order chi connectivity index (χ1) is 13.6. The van der Waals surface area contributed by atoms with Crippen LogP contribution in [0.2, 0.25) is 0 Å². The van der Waals surface area contributed by atoms with E-state index >= 15 is 0 Å². The van der Waals surface area contributed by atoms with Crippen LogP contribution in [0.25, 0.3) is 21.3 Å². The van der Waals surface area contributed by atoms with Crippen LogP contribution in [0.4, 0.5) is 4.39 Å². The van der Waals surface area contributed by atoms with Crippen molar-refractivity contribution in [2.45, 2.75) is 6.10 Å². The van der Waals surface area contributed by atoms with Gasteiger partial charge >= 0.3 is 0 Å². The second-order valence-electron chi connectivity index (χ2n) is 6.35. The van der Waals surface area contributed by atoms with Gasteiger partial charge in [-0.25, -0.2) is 9.37 Å². The summed E-state index contributed by atoms with van der Waals surface area (Å²) in [5.74, 6) is -0.783. The molecule has 0 fully saturated rings. The normalized spacial score (nSPS) is 12.1. The average molecular weight is 392 g/mol. The Balaban J connectivity index is 1.43. The third kappa shape index (κ3) is 3.78. The summed E-state index contributed by atoms with van der Waals surface area (Å²) in [6, 6.07) is 19.9. The van der Waals surface area contributed by atoms with Crippen LogP contribution in [-0.4, -0.2) is 22.5 Å². The number of nitrogens with one attached hydrogen (secondary N) is 1. The highest BCUT2D eigenvalue weighted by molar-refractivity contribution is 7.13. The Bertz CT molecular complexity index is 1140. The Morgan fingerprint density at radius 1 is 1.07 bits per heavy atom. The van der Waals surface area contributed by atoms with Gasteiger partial charge in [0.2, 0.25) is 0 Å². The molecule has 0 aliphatic heterocycles. The van der Waals surface area contributed by atoms with Crippen molar-refractivity contribution >= 4 is 28.0 Å². The molecule has 0 radical (unpaired) electrons. The quantitative estimate of drug-likeness (QED) is 0.523. The molecule has 1 amide bonds. The Labute approximate surface area is 165 Å². The van der Waals surface area contributed by atoms with Gasteiger partial charge in [-0.05, 0) is 34.5 Å². The number of hydrogen-bond donors (Lipinski definition) is 2. The van der Waals surface area contributed by atoms with Gasteiger partial charge in [0.1, 0.15) is 16.5 Å². The maximum atomic E-state index is 13.9. The fourth-order valence-electron chi connectivity index (χ4n) is 2.95. The van der Waals surface area contributed by atoms with Crippen LogP contribution >= 0.6 is 11.3 Å². The topological polar surface area (TPSA) is 62.2 Å². The summed E-state index contributed by atoms with van der Waals surface area (Å²) in [5, 5.41) is 17.2. The second kappa shape index (κ2) is 7.88. The molecule has 28 heavy (non-hydrogen) atoms. The molecule has 0 spiro atoms. The van der Waals surface area contributed by atoms with E-state index in [9.17, 15) is 14.3 Å². The minimum Gasteiger partial charge on any atom is -0.387 e. The van der Waals surface area contributed by atoms with Gasteiger partial charge in [0.15, 0.2) is 0 Å². The zero-order chi connectivity index (χ0) is 19.5. The number of benzene rings is 3. The third-order valence-corrected chi connectivity index (χ3v) is 5.33. The number of halogens is 1. The number of rotatable bonds is 5. The Morgan fingerprint density at radius 3 is 2.64 bits per heavy atom. The van der Waals surface area contributed by atoms with Crippen LogP contribution in [0.3, 0.4) is 0 Å². The number of aliphatic hydroxyl groups is 1. The Morgan fingerprint density at radius 2 is 1.82 bits per heavy atom. The molecule has 1 heterocycles. The molecule has 1 atom stereocenters. The SMILES string of the molecule is O=C(NCC(O)c1ccc2ccccc2c1)c1csc(-c2ccccc2F)n1. The first-order valence-corrected chi connectivity index (χ1v) is 9.65. The van der Waals surface area contributed by atoms with Crippen molar-refractivity contribution in [3.63, 3.8) is 0 Å². The molecule has 2 N–H and O–H groups in total.